The largest absolute Gasteiger partial charge is 0.391 e. The van der Waals surface area contributed by atoms with E-state index in [1.54, 1.807) is 21.7 Å². The number of likely N-dealkylation sites (tertiary alicyclic amines) is 1. The highest BCUT2D eigenvalue weighted by Gasteiger charge is 2.31. The molecule has 1 N–H and O–H groups in total. The first-order chi connectivity index (χ1) is 11.5. The number of aromatic nitrogens is 3. The van der Waals surface area contributed by atoms with E-state index in [0.717, 1.165) is 17.8 Å². The molecule has 0 bridgehead atoms. The van der Waals surface area contributed by atoms with E-state index in [2.05, 4.69) is 10.3 Å². The van der Waals surface area contributed by atoms with Crippen LogP contribution in [-0.2, 0) is 6.42 Å². The fraction of sp³-hybridized carbons (Fsp3) is 0.471. The molecule has 2 atom stereocenters. The van der Waals surface area contributed by atoms with E-state index in [4.69, 9.17) is 11.6 Å². The van der Waals surface area contributed by atoms with Gasteiger partial charge in [0.25, 0.3) is 5.91 Å². The number of halogens is 1. The van der Waals surface area contributed by atoms with Crippen molar-refractivity contribution in [2.24, 2.45) is 5.92 Å². The van der Waals surface area contributed by atoms with Crippen molar-refractivity contribution in [1.82, 2.24) is 19.9 Å². The minimum Gasteiger partial charge on any atom is -0.391 e. The van der Waals surface area contributed by atoms with Crippen LogP contribution in [0.15, 0.2) is 24.3 Å². The van der Waals surface area contributed by atoms with Gasteiger partial charge in [0.05, 0.1) is 17.5 Å². The summed E-state index contributed by atoms with van der Waals surface area (Å²) in [6, 6.07) is 7.29. The molecule has 1 aromatic carbocycles. The normalized spacial score (nSPS) is 21.1. The minimum absolute atomic E-state index is 0.175. The highest BCUT2D eigenvalue weighted by Crippen LogP contribution is 2.22. The van der Waals surface area contributed by atoms with E-state index < -0.39 is 6.10 Å². The molecule has 1 aliphatic rings. The second kappa shape index (κ2) is 6.91. The Morgan fingerprint density at radius 1 is 1.46 bits per heavy atom. The number of carbonyl (C=O) groups excluding carboxylic acids is 1. The number of benzene rings is 1. The fourth-order valence-corrected chi connectivity index (χ4v) is 3.17. The van der Waals surface area contributed by atoms with Crippen LogP contribution >= 0.6 is 11.6 Å². The van der Waals surface area contributed by atoms with Crippen LogP contribution < -0.4 is 0 Å². The predicted octanol–water partition coefficient (Wildman–Crippen LogP) is 2.33. The van der Waals surface area contributed by atoms with Gasteiger partial charge in [0, 0.05) is 18.1 Å². The van der Waals surface area contributed by atoms with E-state index >= 15 is 0 Å². The van der Waals surface area contributed by atoms with Gasteiger partial charge in [-0.25, -0.2) is 4.68 Å². The van der Waals surface area contributed by atoms with E-state index in [-0.39, 0.29) is 11.8 Å². The molecule has 0 spiro atoms. The van der Waals surface area contributed by atoms with Crippen LogP contribution in [0, 0.1) is 5.92 Å². The number of amides is 1. The molecule has 6 nitrogen and oxygen atoms in total. The molecular weight excluding hydrogens is 328 g/mol. The maximum atomic E-state index is 12.8. The van der Waals surface area contributed by atoms with Crippen molar-refractivity contribution in [2.75, 3.05) is 13.1 Å². The van der Waals surface area contributed by atoms with Gasteiger partial charge < -0.3 is 10.0 Å². The van der Waals surface area contributed by atoms with Gasteiger partial charge in [-0.3, -0.25) is 4.79 Å². The van der Waals surface area contributed by atoms with Crippen molar-refractivity contribution in [1.29, 1.82) is 0 Å². The lowest BCUT2D eigenvalue weighted by Gasteiger charge is -2.33. The van der Waals surface area contributed by atoms with Crippen molar-refractivity contribution in [3.8, 4) is 5.69 Å². The van der Waals surface area contributed by atoms with Crippen LogP contribution in [0.4, 0.5) is 0 Å². The van der Waals surface area contributed by atoms with Crippen molar-refractivity contribution in [3.63, 3.8) is 0 Å². The summed E-state index contributed by atoms with van der Waals surface area (Å²) in [5.74, 6) is 0.0351. The number of β-amino-alcohol motifs (C(OH)–C–C–N with tert-alkyl or cyclic N) is 1. The molecule has 3 rings (SSSR count). The highest BCUT2D eigenvalue weighted by molar-refractivity contribution is 6.30. The Labute approximate surface area is 146 Å². The van der Waals surface area contributed by atoms with Crippen LogP contribution in [0.3, 0.4) is 0 Å². The maximum Gasteiger partial charge on any atom is 0.276 e. The SMILES string of the molecule is CCc1c(C(=O)N2CCC(C)C(O)C2)nnn1-c1cccc(Cl)c1. The molecule has 2 unspecified atom stereocenters. The molecule has 1 amide bonds. The van der Waals surface area contributed by atoms with Gasteiger partial charge >= 0.3 is 0 Å². The van der Waals surface area contributed by atoms with E-state index in [9.17, 15) is 9.90 Å². The number of piperidine rings is 1. The zero-order chi connectivity index (χ0) is 17.3. The lowest BCUT2D eigenvalue weighted by Crippen LogP contribution is -2.46. The van der Waals surface area contributed by atoms with Crippen LogP contribution in [0.5, 0.6) is 0 Å². The van der Waals surface area contributed by atoms with Crippen LogP contribution in [0.2, 0.25) is 5.02 Å². The summed E-state index contributed by atoms with van der Waals surface area (Å²) in [6.07, 6.45) is 0.917. The molecule has 1 fully saturated rings. The molecule has 2 heterocycles. The molecule has 1 aromatic heterocycles. The zero-order valence-corrected chi connectivity index (χ0v) is 14.6. The Kier molecular flexibility index (Phi) is 4.87. The lowest BCUT2D eigenvalue weighted by molar-refractivity contribution is 0.0244. The van der Waals surface area contributed by atoms with Gasteiger partial charge in [-0.15, -0.1) is 5.10 Å². The Balaban J connectivity index is 1.90. The van der Waals surface area contributed by atoms with Crippen LogP contribution in [-0.4, -0.2) is 50.1 Å². The molecule has 24 heavy (non-hydrogen) atoms. The third-order valence-corrected chi connectivity index (χ3v) is 4.79. The van der Waals surface area contributed by atoms with E-state index in [1.165, 1.54) is 0 Å². The number of aliphatic hydroxyl groups excluding tert-OH is 1. The molecule has 0 aliphatic carbocycles. The molecule has 7 heteroatoms. The van der Waals surface area contributed by atoms with Crippen molar-refractivity contribution >= 4 is 17.5 Å². The average molecular weight is 349 g/mol. The first-order valence-corrected chi connectivity index (χ1v) is 8.57. The summed E-state index contributed by atoms with van der Waals surface area (Å²) in [4.78, 5) is 14.5. The first-order valence-electron chi connectivity index (χ1n) is 8.19. The predicted molar refractivity (Wildman–Crippen MR) is 91.4 cm³/mol. The van der Waals surface area contributed by atoms with Crippen LogP contribution in [0.25, 0.3) is 5.69 Å². The minimum atomic E-state index is -0.490. The fourth-order valence-electron chi connectivity index (χ4n) is 2.98. The summed E-state index contributed by atoms with van der Waals surface area (Å²) in [5, 5.41) is 18.9. The van der Waals surface area contributed by atoms with Gasteiger partial charge in [0.15, 0.2) is 5.69 Å². The van der Waals surface area contributed by atoms with Gasteiger partial charge in [-0.2, -0.15) is 0 Å². The zero-order valence-electron chi connectivity index (χ0n) is 13.8. The topological polar surface area (TPSA) is 71.2 Å². The quantitative estimate of drug-likeness (QED) is 0.924. The molecular formula is C17H21ClN4O2. The highest BCUT2D eigenvalue weighted by atomic mass is 35.5. The summed E-state index contributed by atoms with van der Waals surface area (Å²) in [7, 11) is 0. The van der Waals surface area contributed by atoms with Gasteiger partial charge in [-0.05, 0) is 37.0 Å². The second-order valence-corrected chi connectivity index (χ2v) is 6.65. The van der Waals surface area contributed by atoms with Gasteiger partial charge in [0.2, 0.25) is 0 Å². The van der Waals surface area contributed by atoms with Gasteiger partial charge in [-0.1, -0.05) is 36.7 Å². The number of nitrogens with zero attached hydrogens (tertiary/aromatic N) is 4. The number of aliphatic hydroxyl groups is 1. The molecule has 1 saturated heterocycles. The summed E-state index contributed by atoms with van der Waals surface area (Å²) in [5.41, 5.74) is 1.87. The van der Waals surface area contributed by atoms with Crippen molar-refractivity contribution in [2.45, 2.75) is 32.8 Å². The molecule has 1 aliphatic heterocycles. The Morgan fingerprint density at radius 3 is 2.92 bits per heavy atom. The van der Waals surface area contributed by atoms with E-state index in [0.29, 0.717) is 30.2 Å². The summed E-state index contributed by atoms with van der Waals surface area (Å²) >= 11 is 6.05. The van der Waals surface area contributed by atoms with Crippen LogP contribution in [0.1, 0.15) is 36.5 Å². The smallest absolute Gasteiger partial charge is 0.276 e. The van der Waals surface area contributed by atoms with Crippen molar-refractivity contribution < 1.29 is 9.90 Å². The second-order valence-electron chi connectivity index (χ2n) is 6.21. The maximum absolute atomic E-state index is 12.8. The Hall–Kier alpha value is -1.92. The number of rotatable bonds is 3. The summed E-state index contributed by atoms with van der Waals surface area (Å²) in [6.45, 7) is 4.93. The summed E-state index contributed by atoms with van der Waals surface area (Å²) < 4.78 is 1.65. The Bertz CT molecular complexity index is 746. The third-order valence-electron chi connectivity index (χ3n) is 4.56. The standard InChI is InChI=1S/C17H21ClN4O2/c1-3-14-16(17(24)21-8-7-11(2)15(23)10-21)19-20-22(14)13-6-4-5-12(18)9-13/h4-6,9,11,15,23H,3,7-8,10H2,1-2H3. The first kappa shape index (κ1) is 16.9. The molecule has 0 saturated carbocycles. The van der Waals surface area contributed by atoms with E-state index in [1.807, 2.05) is 26.0 Å². The number of hydrogen-bond donors (Lipinski definition) is 1. The van der Waals surface area contributed by atoms with Gasteiger partial charge in [0.1, 0.15) is 0 Å². The number of carbonyl (C=O) groups is 1. The third kappa shape index (κ3) is 3.16. The Morgan fingerprint density at radius 2 is 2.25 bits per heavy atom. The molecule has 128 valence electrons. The lowest BCUT2D eigenvalue weighted by atomic mass is 9.96. The monoisotopic (exact) mass is 348 g/mol. The van der Waals surface area contributed by atoms with Crippen molar-refractivity contribution in [3.05, 3.63) is 40.7 Å². The number of hydrogen-bond acceptors (Lipinski definition) is 4. The molecule has 0 radical (unpaired) electrons. The average Bonchev–Trinajstić information content (AvgIpc) is 3.00. The molecule has 2 aromatic rings.